The maximum absolute atomic E-state index is 14.5. The van der Waals surface area contributed by atoms with Gasteiger partial charge in [-0.25, -0.2) is 4.39 Å². The van der Waals surface area contributed by atoms with Crippen LogP contribution in [0.15, 0.2) is 59.2 Å². The van der Waals surface area contributed by atoms with Crippen molar-refractivity contribution in [1.82, 2.24) is 4.90 Å². The van der Waals surface area contributed by atoms with Crippen molar-refractivity contribution < 1.29 is 14.3 Å². The summed E-state index contributed by atoms with van der Waals surface area (Å²) in [5.74, 6) is -0.279. The predicted molar refractivity (Wildman–Crippen MR) is 103 cm³/mol. The number of benzene rings is 1. The number of halogens is 2. The number of alkyl halides is 1. The lowest BCUT2D eigenvalue weighted by molar-refractivity contribution is -0.133. The fourth-order valence-corrected chi connectivity index (χ4v) is 4.05. The number of nitrogens with zero attached hydrogens (tertiary/aromatic N) is 1. The van der Waals surface area contributed by atoms with E-state index in [0.717, 1.165) is 24.0 Å². The van der Waals surface area contributed by atoms with Gasteiger partial charge in [-0.1, -0.05) is 35.9 Å². The molecule has 6 heteroatoms. The number of carbonyl (C=O) groups is 1. The predicted octanol–water partition coefficient (Wildman–Crippen LogP) is 3.59. The molecule has 1 amide bonds. The van der Waals surface area contributed by atoms with Gasteiger partial charge in [0.15, 0.2) is 0 Å². The Bertz CT molecular complexity index is 846. The molecule has 1 fully saturated rings. The first kappa shape index (κ1) is 18.3. The van der Waals surface area contributed by atoms with Gasteiger partial charge in [0.05, 0.1) is 12.1 Å². The first-order valence-electron chi connectivity index (χ1n) is 9.19. The third-order valence-electron chi connectivity index (χ3n) is 5.52. The average molecular weight is 389 g/mol. The molecule has 2 unspecified atom stereocenters. The van der Waals surface area contributed by atoms with E-state index in [4.69, 9.17) is 17.3 Å². The molecule has 1 heterocycles. The molecule has 4 rings (SSSR count). The van der Waals surface area contributed by atoms with Crippen LogP contribution in [0.4, 0.5) is 4.39 Å². The van der Waals surface area contributed by atoms with E-state index in [-0.39, 0.29) is 23.6 Å². The monoisotopic (exact) mass is 388 g/mol. The quantitative estimate of drug-likeness (QED) is 0.775. The van der Waals surface area contributed by atoms with E-state index in [1.807, 2.05) is 12.1 Å². The zero-order valence-electron chi connectivity index (χ0n) is 14.8. The van der Waals surface area contributed by atoms with Gasteiger partial charge in [0.2, 0.25) is 5.91 Å². The Kier molecular flexibility index (Phi) is 4.82. The Morgan fingerprint density at radius 1 is 1.33 bits per heavy atom. The van der Waals surface area contributed by atoms with Gasteiger partial charge in [0, 0.05) is 17.5 Å². The minimum atomic E-state index is -1.18. The maximum atomic E-state index is 14.5. The first-order chi connectivity index (χ1) is 12.9. The van der Waals surface area contributed by atoms with Gasteiger partial charge in [-0.05, 0) is 54.2 Å². The Balaban J connectivity index is 1.67. The van der Waals surface area contributed by atoms with Crippen molar-refractivity contribution in [2.75, 3.05) is 6.54 Å². The topological polar surface area (TPSA) is 66.6 Å². The number of hydrogen-bond donors (Lipinski definition) is 2. The Morgan fingerprint density at radius 2 is 2.11 bits per heavy atom. The molecular weight excluding hydrogens is 367 g/mol. The molecule has 1 aromatic rings. The number of aromatic hydroxyl groups is 1. The van der Waals surface area contributed by atoms with Gasteiger partial charge >= 0.3 is 0 Å². The Labute approximate surface area is 162 Å². The molecule has 3 aliphatic rings. The zero-order chi connectivity index (χ0) is 19.1. The van der Waals surface area contributed by atoms with Crippen LogP contribution in [-0.2, 0) is 4.79 Å². The molecule has 142 valence electrons. The van der Waals surface area contributed by atoms with Gasteiger partial charge in [0.1, 0.15) is 11.9 Å². The summed E-state index contributed by atoms with van der Waals surface area (Å²) in [6.07, 6.45) is 7.34. The number of amides is 1. The number of allylic oxidation sites excluding steroid dienone is 4. The van der Waals surface area contributed by atoms with Crippen LogP contribution in [0, 0.1) is 11.8 Å². The Hall–Kier alpha value is -2.11. The molecule has 0 spiro atoms. The molecule has 2 aliphatic carbocycles. The molecule has 3 N–H and O–H groups in total. The summed E-state index contributed by atoms with van der Waals surface area (Å²) in [5, 5.41) is 10.3. The summed E-state index contributed by atoms with van der Waals surface area (Å²) in [4.78, 5) is 14.7. The SMILES string of the molecule is N[C@H](C(=O)N1CC(C2C=C(Cl)C=CC2F)=C[C@H]1c1cccc(O)c1)C1CC1. The fraction of sp³-hybridized carbons (Fsp3) is 0.381. The highest BCUT2D eigenvalue weighted by atomic mass is 35.5. The number of phenols is 1. The van der Waals surface area contributed by atoms with Crippen LogP contribution in [0.25, 0.3) is 0 Å². The van der Waals surface area contributed by atoms with Crippen LogP contribution in [0.2, 0.25) is 0 Å². The minimum absolute atomic E-state index is 0.125. The molecule has 4 nitrogen and oxygen atoms in total. The second-order valence-electron chi connectivity index (χ2n) is 7.49. The molecule has 1 aromatic carbocycles. The lowest BCUT2D eigenvalue weighted by atomic mass is 9.90. The maximum Gasteiger partial charge on any atom is 0.240 e. The van der Waals surface area contributed by atoms with Crippen molar-refractivity contribution in [1.29, 1.82) is 0 Å². The van der Waals surface area contributed by atoms with Crippen LogP contribution < -0.4 is 5.73 Å². The van der Waals surface area contributed by atoms with E-state index >= 15 is 0 Å². The van der Waals surface area contributed by atoms with Crippen molar-refractivity contribution in [2.24, 2.45) is 17.6 Å². The first-order valence-corrected chi connectivity index (χ1v) is 9.57. The third kappa shape index (κ3) is 3.66. The largest absolute Gasteiger partial charge is 0.508 e. The summed E-state index contributed by atoms with van der Waals surface area (Å²) < 4.78 is 14.5. The van der Waals surface area contributed by atoms with E-state index in [9.17, 15) is 14.3 Å². The zero-order valence-corrected chi connectivity index (χ0v) is 15.5. The molecule has 1 saturated carbocycles. The van der Waals surface area contributed by atoms with Crippen LogP contribution in [0.5, 0.6) is 5.75 Å². The average Bonchev–Trinajstić information content (AvgIpc) is 3.41. The van der Waals surface area contributed by atoms with Gasteiger partial charge in [-0.3, -0.25) is 4.79 Å². The van der Waals surface area contributed by atoms with Crippen LogP contribution in [0.1, 0.15) is 24.4 Å². The molecular formula is C21H22ClFN2O2. The van der Waals surface area contributed by atoms with E-state index < -0.39 is 18.1 Å². The second-order valence-corrected chi connectivity index (χ2v) is 7.93. The summed E-state index contributed by atoms with van der Waals surface area (Å²) in [6.45, 7) is 0.305. The summed E-state index contributed by atoms with van der Waals surface area (Å²) in [6, 6.07) is 5.88. The smallest absolute Gasteiger partial charge is 0.240 e. The number of nitrogens with two attached hydrogens (primary N) is 1. The summed E-state index contributed by atoms with van der Waals surface area (Å²) in [5.41, 5.74) is 7.74. The van der Waals surface area contributed by atoms with Crippen LogP contribution in [0.3, 0.4) is 0 Å². The van der Waals surface area contributed by atoms with Gasteiger partial charge in [0.25, 0.3) is 0 Å². The third-order valence-corrected chi connectivity index (χ3v) is 5.77. The normalized spacial score (nSPS) is 28.7. The molecule has 1 aliphatic heterocycles. The second kappa shape index (κ2) is 7.13. The van der Waals surface area contributed by atoms with E-state index in [0.29, 0.717) is 11.6 Å². The van der Waals surface area contributed by atoms with Gasteiger partial charge in [-0.2, -0.15) is 0 Å². The van der Waals surface area contributed by atoms with Crippen LogP contribution >= 0.6 is 11.6 Å². The summed E-state index contributed by atoms with van der Waals surface area (Å²) in [7, 11) is 0. The van der Waals surface area contributed by atoms with Crippen molar-refractivity contribution >= 4 is 17.5 Å². The highest BCUT2D eigenvalue weighted by Gasteiger charge is 2.41. The van der Waals surface area contributed by atoms with Crippen molar-refractivity contribution in [2.45, 2.75) is 31.1 Å². The van der Waals surface area contributed by atoms with Gasteiger partial charge < -0.3 is 15.7 Å². The lowest BCUT2D eigenvalue weighted by Crippen LogP contribution is -2.45. The fourth-order valence-electron chi connectivity index (χ4n) is 3.84. The Morgan fingerprint density at radius 3 is 2.81 bits per heavy atom. The molecule has 0 saturated heterocycles. The number of phenolic OH excluding ortho intramolecular Hbond substituents is 1. The molecule has 0 radical (unpaired) electrons. The van der Waals surface area contributed by atoms with Crippen molar-refractivity contribution in [3.8, 4) is 5.75 Å². The van der Waals surface area contributed by atoms with Gasteiger partial charge in [-0.15, -0.1) is 0 Å². The van der Waals surface area contributed by atoms with E-state index in [1.165, 1.54) is 6.08 Å². The molecule has 27 heavy (non-hydrogen) atoms. The highest BCUT2D eigenvalue weighted by Crippen LogP contribution is 2.40. The molecule has 0 bridgehead atoms. The lowest BCUT2D eigenvalue weighted by Gasteiger charge is -2.28. The molecule has 0 aromatic heterocycles. The van der Waals surface area contributed by atoms with E-state index in [1.54, 1.807) is 35.3 Å². The number of carbonyl (C=O) groups excluding carboxylic acids is 1. The summed E-state index contributed by atoms with van der Waals surface area (Å²) >= 11 is 6.08. The number of hydrogen-bond acceptors (Lipinski definition) is 3. The minimum Gasteiger partial charge on any atom is -0.508 e. The van der Waals surface area contributed by atoms with E-state index in [2.05, 4.69) is 0 Å². The van der Waals surface area contributed by atoms with Crippen molar-refractivity contribution in [3.05, 3.63) is 64.7 Å². The van der Waals surface area contributed by atoms with Crippen LogP contribution in [-0.4, -0.2) is 34.7 Å². The molecule has 4 atom stereocenters. The van der Waals surface area contributed by atoms with Crippen molar-refractivity contribution in [3.63, 3.8) is 0 Å². The highest BCUT2D eigenvalue weighted by molar-refractivity contribution is 6.31. The standard InChI is InChI=1S/C21H22ClFN2O2/c22-15-6-7-18(23)17(10-15)14-9-19(13-2-1-3-16(26)8-13)25(11-14)21(27)20(24)12-4-5-12/h1-3,6-10,12,17-20,26H,4-5,11,24H2/t17?,18?,19-,20-/m0/s1. The number of rotatable bonds is 4.